The molecule has 1 aliphatic carbocycles. The predicted octanol–water partition coefficient (Wildman–Crippen LogP) is 2.07. The zero-order valence-electron chi connectivity index (χ0n) is 6.39. The molecule has 1 nitrogen and oxygen atoms in total. The van der Waals surface area contributed by atoms with E-state index in [0.717, 1.165) is 18.4 Å². The Balaban J connectivity index is 2.14. The van der Waals surface area contributed by atoms with Crippen molar-refractivity contribution in [3.63, 3.8) is 0 Å². The van der Waals surface area contributed by atoms with Crippen molar-refractivity contribution in [1.82, 2.24) is 0 Å². The molecule has 1 aliphatic rings. The van der Waals surface area contributed by atoms with Crippen LogP contribution >= 0.6 is 0 Å². The van der Waals surface area contributed by atoms with E-state index in [2.05, 4.69) is 6.92 Å². The van der Waals surface area contributed by atoms with Crippen molar-refractivity contribution in [1.29, 1.82) is 0 Å². The number of rotatable bonds is 2. The molecule has 54 valence electrons. The van der Waals surface area contributed by atoms with E-state index in [1.165, 1.54) is 19.3 Å². The summed E-state index contributed by atoms with van der Waals surface area (Å²) in [6, 6.07) is 0. The van der Waals surface area contributed by atoms with E-state index < -0.39 is 0 Å². The van der Waals surface area contributed by atoms with Crippen LogP contribution in [0, 0.1) is 11.8 Å². The minimum Gasteiger partial charge on any atom is -0.384 e. The predicted molar refractivity (Wildman–Crippen MR) is 38.4 cm³/mol. The molecule has 0 heterocycles. The molecule has 9 heavy (non-hydrogen) atoms. The van der Waals surface area contributed by atoms with Crippen LogP contribution in [0.25, 0.3) is 0 Å². The van der Waals surface area contributed by atoms with E-state index in [0.29, 0.717) is 0 Å². The highest BCUT2D eigenvalue weighted by Gasteiger charge is 2.20. The van der Waals surface area contributed by atoms with Gasteiger partial charge in [0, 0.05) is 13.7 Å². The molecule has 1 heteroatoms. The molecule has 0 aromatic carbocycles. The average molecular weight is 128 g/mol. The molecule has 0 amide bonds. The molecule has 1 rings (SSSR count). The summed E-state index contributed by atoms with van der Waals surface area (Å²) >= 11 is 0. The van der Waals surface area contributed by atoms with Gasteiger partial charge in [-0.1, -0.05) is 13.3 Å². The summed E-state index contributed by atoms with van der Waals surface area (Å²) in [7, 11) is 1.79. The second kappa shape index (κ2) is 3.21. The van der Waals surface area contributed by atoms with Crippen LogP contribution in [-0.4, -0.2) is 13.7 Å². The smallest absolute Gasteiger partial charge is 0.0490 e. The van der Waals surface area contributed by atoms with Crippen LogP contribution in [0.4, 0.5) is 0 Å². The molecular weight excluding hydrogens is 112 g/mol. The molecule has 0 aromatic heterocycles. The summed E-state index contributed by atoms with van der Waals surface area (Å²) in [5.41, 5.74) is 0. The van der Waals surface area contributed by atoms with Gasteiger partial charge in [-0.15, -0.1) is 0 Å². The van der Waals surface area contributed by atoms with Crippen molar-refractivity contribution in [3.05, 3.63) is 0 Å². The third kappa shape index (κ3) is 1.98. The fraction of sp³-hybridized carbons (Fsp3) is 1.00. The molecule has 1 unspecified atom stereocenters. The maximum Gasteiger partial charge on any atom is 0.0490 e. The van der Waals surface area contributed by atoms with Crippen LogP contribution in [0.2, 0.25) is 0 Å². The van der Waals surface area contributed by atoms with Crippen LogP contribution in [0.3, 0.4) is 0 Å². The van der Waals surface area contributed by atoms with Gasteiger partial charge in [-0.05, 0) is 24.7 Å². The SMILES string of the molecule is COCC1CC[C@H](C)C1. The fourth-order valence-electron chi connectivity index (χ4n) is 1.71. The average Bonchev–Trinajstić information content (AvgIpc) is 2.17. The number of hydrogen-bond donors (Lipinski definition) is 0. The highest BCUT2D eigenvalue weighted by atomic mass is 16.5. The zero-order chi connectivity index (χ0) is 6.69. The summed E-state index contributed by atoms with van der Waals surface area (Å²) in [5.74, 6) is 1.81. The van der Waals surface area contributed by atoms with Crippen molar-refractivity contribution in [3.8, 4) is 0 Å². The fourth-order valence-corrected chi connectivity index (χ4v) is 1.71. The molecule has 1 saturated carbocycles. The van der Waals surface area contributed by atoms with Crippen molar-refractivity contribution in [2.24, 2.45) is 11.8 Å². The Morgan fingerprint density at radius 2 is 2.22 bits per heavy atom. The monoisotopic (exact) mass is 128 g/mol. The standard InChI is InChI=1S/C8H16O/c1-7-3-4-8(5-7)6-9-2/h7-8H,3-6H2,1-2H3/t7-,8?/m0/s1. The molecule has 0 bridgehead atoms. The van der Waals surface area contributed by atoms with Crippen molar-refractivity contribution < 1.29 is 4.74 Å². The van der Waals surface area contributed by atoms with E-state index in [1.54, 1.807) is 7.11 Å². The van der Waals surface area contributed by atoms with Crippen LogP contribution < -0.4 is 0 Å². The van der Waals surface area contributed by atoms with E-state index in [-0.39, 0.29) is 0 Å². The summed E-state index contributed by atoms with van der Waals surface area (Å²) in [6.45, 7) is 3.31. The van der Waals surface area contributed by atoms with Gasteiger partial charge in [-0.25, -0.2) is 0 Å². The van der Waals surface area contributed by atoms with Crippen LogP contribution in [0.5, 0.6) is 0 Å². The van der Waals surface area contributed by atoms with Gasteiger partial charge in [0.25, 0.3) is 0 Å². The van der Waals surface area contributed by atoms with Crippen LogP contribution in [0.1, 0.15) is 26.2 Å². The van der Waals surface area contributed by atoms with Crippen LogP contribution in [-0.2, 0) is 4.74 Å². The molecule has 0 spiro atoms. The Morgan fingerprint density at radius 1 is 1.44 bits per heavy atom. The number of ether oxygens (including phenoxy) is 1. The largest absolute Gasteiger partial charge is 0.384 e. The minimum absolute atomic E-state index is 0.866. The molecule has 1 fully saturated rings. The van der Waals surface area contributed by atoms with Crippen molar-refractivity contribution in [2.75, 3.05) is 13.7 Å². The van der Waals surface area contributed by atoms with Gasteiger partial charge in [0.2, 0.25) is 0 Å². The third-order valence-electron chi connectivity index (χ3n) is 2.21. The molecule has 0 radical (unpaired) electrons. The molecule has 0 N–H and O–H groups in total. The second-order valence-electron chi connectivity index (χ2n) is 3.24. The first kappa shape index (κ1) is 7.07. The Morgan fingerprint density at radius 3 is 2.67 bits per heavy atom. The molecule has 0 aliphatic heterocycles. The Bertz CT molecular complexity index is 78.6. The maximum absolute atomic E-state index is 5.07. The van der Waals surface area contributed by atoms with Gasteiger partial charge in [0.1, 0.15) is 0 Å². The Hall–Kier alpha value is -0.0400. The zero-order valence-corrected chi connectivity index (χ0v) is 6.39. The molecular formula is C8H16O. The van der Waals surface area contributed by atoms with Gasteiger partial charge in [-0.2, -0.15) is 0 Å². The van der Waals surface area contributed by atoms with Crippen LogP contribution in [0.15, 0.2) is 0 Å². The molecule has 0 aromatic rings. The summed E-state index contributed by atoms with van der Waals surface area (Å²) in [4.78, 5) is 0. The summed E-state index contributed by atoms with van der Waals surface area (Å²) < 4.78 is 5.07. The van der Waals surface area contributed by atoms with Crippen molar-refractivity contribution in [2.45, 2.75) is 26.2 Å². The Kier molecular flexibility index (Phi) is 2.52. The van der Waals surface area contributed by atoms with Gasteiger partial charge >= 0.3 is 0 Å². The molecule has 0 saturated heterocycles. The van der Waals surface area contributed by atoms with E-state index in [9.17, 15) is 0 Å². The lowest BCUT2D eigenvalue weighted by Gasteiger charge is -2.05. The topological polar surface area (TPSA) is 9.23 Å². The van der Waals surface area contributed by atoms with E-state index in [1.807, 2.05) is 0 Å². The lowest BCUT2D eigenvalue weighted by Crippen LogP contribution is -2.02. The van der Waals surface area contributed by atoms with Gasteiger partial charge in [0.15, 0.2) is 0 Å². The Labute approximate surface area is 57.4 Å². The van der Waals surface area contributed by atoms with Crippen molar-refractivity contribution >= 4 is 0 Å². The highest BCUT2D eigenvalue weighted by molar-refractivity contribution is 4.71. The van der Waals surface area contributed by atoms with E-state index >= 15 is 0 Å². The first-order chi connectivity index (χ1) is 4.33. The van der Waals surface area contributed by atoms with E-state index in [4.69, 9.17) is 4.74 Å². The number of methoxy groups -OCH3 is 1. The highest BCUT2D eigenvalue weighted by Crippen LogP contribution is 2.29. The third-order valence-corrected chi connectivity index (χ3v) is 2.21. The summed E-state index contributed by atoms with van der Waals surface area (Å²) in [5, 5.41) is 0. The maximum atomic E-state index is 5.07. The first-order valence-electron chi connectivity index (χ1n) is 3.82. The minimum atomic E-state index is 0.866. The second-order valence-corrected chi connectivity index (χ2v) is 3.24. The van der Waals surface area contributed by atoms with Gasteiger partial charge < -0.3 is 4.74 Å². The number of hydrogen-bond acceptors (Lipinski definition) is 1. The normalized spacial score (nSPS) is 35.3. The lowest BCUT2D eigenvalue weighted by atomic mass is 10.1. The molecule has 2 atom stereocenters. The first-order valence-corrected chi connectivity index (χ1v) is 3.82. The van der Waals surface area contributed by atoms with Gasteiger partial charge in [-0.3, -0.25) is 0 Å². The summed E-state index contributed by atoms with van der Waals surface area (Å²) in [6.07, 6.45) is 4.18. The van der Waals surface area contributed by atoms with Gasteiger partial charge in [0.05, 0.1) is 0 Å². The quantitative estimate of drug-likeness (QED) is 0.553. The lowest BCUT2D eigenvalue weighted by molar-refractivity contribution is 0.153.